The fourth-order valence-corrected chi connectivity index (χ4v) is 2.10. The minimum Gasteiger partial charge on any atom is -0.302 e. The number of benzene rings is 1. The smallest absolute Gasteiger partial charge is 0.284 e. The fraction of sp³-hybridized carbons (Fsp3) is 0.300. The fourth-order valence-electron chi connectivity index (χ4n) is 1.16. The van der Waals surface area contributed by atoms with E-state index in [1.54, 1.807) is 23.5 Å². The lowest BCUT2D eigenvalue weighted by molar-refractivity contribution is -0.387. The lowest BCUT2D eigenvalue weighted by Gasteiger charge is -2.12. The van der Waals surface area contributed by atoms with Crippen molar-refractivity contribution in [1.82, 2.24) is 4.31 Å². The minimum atomic E-state index is -0.420. The van der Waals surface area contributed by atoms with Gasteiger partial charge >= 0.3 is 0 Å². The second-order valence-electron chi connectivity index (χ2n) is 3.30. The Morgan fingerprint density at radius 2 is 2.25 bits per heavy atom. The molecule has 0 atom stereocenters. The maximum absolute atomic E-state index is 10.8. The predicted molar refractivity (Wildman–Crippen MR) is 62.4 cm³/mol. The maximum atomic E-state index is 10.8. The lowest BCUT2D eigenvalue weighted by atomic mass is 10.2. The molecule has 5 nitrogen and oxygen atoms in total. The second-order valence-corrected chi connectivity index (χ2v) is 4.54. The number of carbonyl (C=O) groups is 1. The molecule has 0 amide bonds. The van der Waals surface area contributed by atoms with Gasteiger partial charge in [0, 0.05) is 6.07 Å². The summed E-state index contributed by atoms with van der Waals surface area (Å²) < 4.78 is 1.65. The third-order valence-electron chi connectivity index (χ3n) is 1.90. The number of carbonyl (C=O) groups excluding carboxylic acids is 1. The first-order valence-electron chi connectivity index (χ1n) is 4.62. The van der Waals surface area contributed by atoms with Gasteiger partial charge in [0.05, 0.1) is 11.5 Å². The molecule has 86 valence electrons. The number of nitrogens with zero attached hydrogens (tertiary/aromatic N) is 2. The molecule has 0 saturated heterocycles. The quantitative estimate of drug-likeness (QED) is 0.341. The summed E-state index contributed by atoms with van der Waals surface area (Å²) in [5, 5.41) is 10.8. The van der Waals surface area contributed by atoms with Crippen molar-refractivity contribution in [2.45, 2.75) is 11.8 Å². The summed E-state index contributed by atoms with van der Waals surface area (Å²) in [5.74, 6) is 0. The van der Waals surface area contributed by atoms with Gasteiger partial charge in [-0.15, -0.1) is 0 Å². The number of hydrogen-bond acceptors (Lipinski definition) is 5. The largest absolute Gasteiger partial charge is 0.302 e. The van der Waals surface area contributed by atoms with Gasteiger partial charge in [-0.2, -0.15) is 0 Å². The van der Waals surface area contributed by atoms with E-state index in [9.17, 15) is 14.9 Å². The highest BCUT2D eigenvalue weighted by Crippen LogP contribution is 2.31. The van der Waals surface area contributed by atoms with Crippen LogP contribution in [0.4, 0.5) is 5.69 Å². The Hall–Kier alpha value is -1.40. The maximum Gasteiger partial charge on any atom is 0.284 e. The average molecular weight is 240 g/mol. The van der Waals surface area contributed by atoms with Gasteiger partial charge < -0.3 is 4.79 Å². The zero-order valence-electron chi connectivity index (χ0n) is 9.04. The van der Waals surface area contributed by atoms with Crippen LogP contribution in [0.3, 0.4) is 0 Å². The molecule has 0 N–H and O–H groups in total. The monoisotopic (exact) mass is 240 g/mol. The van der Waals surface area contributed by atoms with Gasteiger partial charge in [-0.3, -0.25) is 10.1 Å². The highest BCUT2D eigenvalue weighted by atomic mass is 32.2. The Bertz CT molecular complexity index is 409. The van der Waals surface area contributed by atoms with Gasteiger partial charge in [0.15, 0.2) is 0 Å². The number of aryl methyl sites for hydroxylation is 1. The Labute approximate surface area is 97.7 Å². The summed E-state index contributed by atoms with van der Waals surface area (Å²) in [4.78, 5) is 21.2. The van der Waals surface area contributed by atoms with Crippen LogP contribution in [0, 0.1) is 17.0 Å². The van der Waals surface area contributed by atoms with E-state index < -0.39 is 4.92 Å². The van der Waals surface area contributed by atoms with Crippen molar-refractivity contribution in [3.8, 4) is 0 Å². The molecule has 0 unspecified atom stereocenters. The predicted octanol–water partition coefficient (Wildman–Crippen LogP) is 2.04. The Kier molecular flexibility index (Phi) is 4.45. The summed E-state index contributed by atoms with van der Waals surface area (Å²) >= 11 is 1.20. The number of likely N-dealkylation sites (N-methyl/N-ethyl adjacent to an activating group) is 1. The molecule has 0 aromatic heterocycles. The zero-order valence-corrected chi connectivity index (χ0v) is 9.86. The molecule has 0 fully saturated rings. The summed E-state index contributed by atoms with van der Waals surface area (Å²) in [5.41, 5.74) is 1.01. The van der Waals surface area contributed by atoms with Gasteiger partial charge in [0.1, 0.15) is 11.2 Å². The molecular weight excluding hydrogens is 228 g/mol. The van der Waals surface area contributed by atoms with E-state index in [4.69, 9.17) is 0 Å². The van der Waals surface area contributed by atoms with Crippen LogP contribution < -0.4 is 0 Å². The molecule has 1 aromatic rings. The number of hydrogen-bond donors (Lipinski definition) is 0. The Balaban J connectivity index is 2.96. The van der Waals surface area contributed by atoms with E-state index >= 15 is 0 Å². The van der Waals surface area contributed by atoms with Gasteiger partial charge in [0.2, 0.25) is 0 Å². The normalized spacial score (nSPS) is 10.4. The molecule has 1 aromatic carbocycles. The van der Waals surface area contributed by atoms with Crippen LogP contribution in [-0.4, -0.2) is 29.1 Å². The molecule has 16 heavy (non-hydrogen) atoms. The number of rotatable bonds is 5. The molecule has 0 radical (unpaired) electrons. The Morgan fingerprint density at radius 1 is 1.56 bits per heavy atom. The van der Waals surface area contributed by atoms with Crippen LogP contribution in [0.1, 0.15) is 5.56 Å². The van der Waals surface area contributed by atoms with E-state index in [-0.39, 0.29) is 12.2 Å². The SMILES string of the molecule is Cc1ccc([N+](=O)[O-])c(SN(C)CC=O)c1. The molecule has 0 bridgehead atoms. The number of nitro groups is 1. The number of aldehydes is 1. The molecular formula is C10H12N2O3S. The van der Waals surface area contributed by atoms with Crippen LogP contribution in [0.25, 0.3) is 0 Å². The summed E-state index contributed by atoms with van der Waals surface area (Å²) in [6.45, 7) is 2.10. The molecule has 0 heterocycles. The summed E-state index contributed by atoms with van der Waals surface area (Å²) in [6, 6.07) is 4.92. The van der Waals surface area contributed by atoms with E-state index in [1.807, 2.05) is 6.92 Å². The zero-order chi connectivity index (χ0) is 12.1. The van der Waals surface area contributed by atoms with Gasteiger partial charge in [-0.1, -0.05) is 6.07 Å². The highest BCUT2D eigenvalue weighted by molar-refractivity contribution is 7.97. The van der Waals surface area contributed by atoms with Crippen molar-refractivity contribution in [3.63, 3.8) is 0 Å². The van der Waals surface area contributed by atoms with Crippen LogP contribution in [-0.2, 0) is 4.79 Å². The molecule has 6 heteroatoms. The highest BCUT2D eigenvalue weighted by Gasteiger charge is 2.15. The van der Waals surface area contributed by atoms with E-state index in [0.29, 0.717) is 4.90 Å². The van der Waals surface area contributed by atoms with Crippen LogP contribution in [0.5, 0.6) is 0 Å². The molecule has 0 saturated carbocycles. The van der Waals surface area contributed by atoms with Crippen molar-refractivity contribution < 1.29 is 9.72 Å². The van der Waals surface area contributed by atoms with E-state index in [2.05, 4.69) is 0 Å². The molecule has 0 aliphatic carbocycles. The van der Waals surface area contributed by atoms with Gasteiger partial charge in [-0.25, -0.2) is 4.31 Å². The van der Waals surface area contributed by atoms with E-state index in [0.717, 1.165) is 11.8 Å². The Morgan fingerprint density at radius 3 is 2.81 bits per heavy atom. The van der Waals surface area contributed by atoms with E-state index in [1.165, 1.54) is 18.0 Å². The summed E-state index contributed by atoms with van der Waals surface area (Å²) in [7, 11) is 1.71. The van der Waals surface area contributed by atoms with Crippen molar-refractivity contribution in [2.75, 3.05) is 13.6 Å². The molecule has 0 aliphatic rings. The van der Waals surface area contributed by atoms with Gasteiger partial charge in [0.25, 0.3) is 5.69 Å². The van der Waals surface area contributed by atoms with Crippen molar-refractivity contribution in [1.29, 1.82) is 0 Å². The van der Waals surface area contributed by atoms with Crippen LogP contribution in [0.15, 0.2) is 23.1 Å². The molecule has 0 spiro atoms. The first-order valence-corrected chi connectivity index (χ1v) is 5.39. The summed E-state index contributed by atoms with van der Waals surface area (Å²) in [6.07, 6.45) is 0.759. The first-order chi connectivity index (χ1) is 7.54. The standard InChI is InChI=1S/C10H12N2O3S/c1-8-3-4-9(12(14)15)10(7-8)16-11(2)5-6-13/h3-4,6-7H,5H2,1-2H3. The third-order valence-corrected chi connectivity index (χ3v) is 2.88. The van der Waals surface area contributed by atoms with Crippen LogP contribution in [0.2, 0.25) is 0 Å². The lowest BCUT2D eigenvalue weighted by Crippen LogP contribution is -2.11. The second kappa shape index (κ2) is 5.62. The van der Waals surface area contributed by atoms with Gasteiger partial charge in [-0.05, 0) is 37.5 Å². The number of nitro benzene ring substituents is 1. The molecule has 1 rings (SSSR count). The topological polar surface area (TPSA) is 63.5 Å². The van der Waals surface area contributed by atoms with Crippen molar-refractivity contribution >= 4 is 23.9 Å². The first kappa shape index (κ1) is 12.7. The van der Waals surface area contributed by atoms with Crippen LogP contribution >= 0.6 is 11.9 Å². The minimum absolute atomic E-state index is 0.0633. The molecule has 0 aliphatic heterocycles. The van der Waals surface area contributed by atoms with Crippen molar-refractivity contribution in [3.05, 3.63) is 33.9 Å². The average Bonchev–Trinajstić information content (AvgIpc) is 2.17. The van der Waals surface area contributed by atoms with Crippen molar-refractivity contribution in [2.24, 2.45) is 0 Å². The third kappa shape index (κ3) is 3.32.